The quantitative estimate of drug-likeness (QED) is 0.769. The standard InChI is InChI=1S/C14H18N2O4/c1-3-20-13(18)8-7-12(17)16-11-6-4-5-10(9-11)14(19)15-2/h4-6,9H,3,7-8H2,1-2H3,(H,15,19)(H,16,17). The van der Waals surface area contributed by atoms with Gasteiger partial charge in [0.05, 0.1) is 13.0 Å². The van der Waals surface area contributed by atoms with E-state index in [9.17, 15) is 14.4 Å². The van der Waals surface area contributed by atoms with E-state index in [4.69, 9.17) is 4.74 Å². The molecule has 1 rings (SSSR count). The maximum Gasteiger partial charge on any atom is 0.306 e. The van der Waals surface area contributed by atoms with Crippen LogP contribution in [0, 0.1) is 0 Å². The minimum atomic E-state index is -0.401. The second kappa shape index (κ2) is 7.93. The maximum absolute atomic E-state index is 11.7. The number of ether oxygens (including phenoxy) is 1. The van der Waals surface area contributed by atoms with Gasteiger partial charge in [-0.05, 0) is 25.1 Å². The van der Waals surface area contributed by atoms with Crippen LogP contribution in [0.25, 0.3) is 0 Å². The molecule has 0 saturated heterocycles. The smallest absolute Gasteiger partial charge is 0.306 e. The van der Waals surface area contributed by atoms with Gasteiger partial charge in [-0.15, -0.1) is 0 Å². The summed E-state index contributed by atoms with van der Waals surface area (Å²) in [5, 5.41) is 5.14. The molecule has 0 saturated carbocycles. The summed E-state index contributed by atoms with van der Waals surface area (Å²) in [5.74, 6) is -0.929. The van der Waals surface area contributed by atoms with Crippen molar-refractivity contribution in [3.8, 4) is 0 Å². The van der Waals surface area contributed by atoms with Crippen molar-refractivity contribution in [3.05, 3.63) is 29.8 Å². The monoisotopic (exact) mass is 278 g/mol. The first-order valence-electron chi connectivity index (χ1n) is 6.34. The van der Waals surface area contributed by atoms with Crippen molar-refractivity contribution >= 4 is 23.5 Å². The number of hydrogen-bond donors (Lipinski definition) is 2. The van der Waals surface area contributed by atoms with Crippen molar-refractivity contribution < 1.29 is 19.1 Å². The fourth-order valence-corrected chi connectivity index (χ4v) is 1.55. The normalized spacial score (nSPS) is 9.70. The van der Waals surface area contributed by atoms with Crippen LogP contribution in [0.2, 0.25) is 0 Å². The summed E-state index contributed by atoms with van der Waals surface area (Å²) in [4.78, 5) is 34.2. The predicted molar refractivity (Wildman–Crippen MR) is 74.3 cm³/mol. The molecule has 20 heavy (non-hydrogen) atoms. The SMILES string of the molecule is CCOC(=O)CCC(=O)Nc1cccc(C(=O)NC)c1. The van der Waals surface area contributed by atoms with Gasteiger partial charge in [0.1, 0.15) is 0 Å². The third kappa shape index (κ3) is 5.09. The summed E-state index contributed by atoms with van der Waals surface area (Å²) in [7, 11) is 1.53. The molecule has 0 aromatic heterocycles. The minimum Gasteiger partial charge on any atom is -0.466 e. The molecule has 0 fully saturated rings. The van der Waals surface area contributed by atoms with Crippen LogP contribution in [-0.4, -0.2) is 31.4 Å². The minimum absolute atomic E-state index is 0.0365. The highest BCUT2D eigenvalue weighted by molar-refractivity contribution is 5.97. The van der Waals surface area contributed by atoms with Crippen molar-refractivity contribution in [2.24, 2.45) is 0 Å². The van der Waals surface area contributed by atoms with Crippen molar-refractivity contribution in [1.29, 1.82) is 0 Å². The Hall–Kier alpha value is -2.37. The van der Waals surface area contributed by atoms with E-state index in [1.165, 1.54) is 7.05 Å². The van der Waals surface area contributed by atoms with Crippen LogP contribution in [0.4, 0.5) is 5.69 Å². The molecule has 108 valence electrons. The molecule has 0 bridgehead atoms. The van der Waals surface area contributed by atoms with Crippen molar-refractivity contribution in [2.45, 2.75) is 19.8 Å². The molecule has 6 heteroatoms. The largest absolute Gasteiger partial charge is 0.466 e. The Morgan fingerprint density at radius 2 is 1.95 bits per heavy atom. The molecule has 0 aliphatic heterocycles. The number of benzene rings is 1. The lowest BCUT2D eigenvalue weighted by atomic mass is 10.2. The Morgan fingerprint density at radius 3 is 2.60 bits per heavy atom. The van der Waals surface area contributed by atoms with Crippen LogP contribution in [0.1, 0.15) is 30.1 Å². The number of carbonyl (C=O) groups is 3. The number of anilines is 1. The Kier molecular flexibility index (Phi) is 6.22. The maximum atomic E-state index is 11.7. The third-order valence-electron chi connectivity index (χ3n) is 2.50. The second-order valence-electron chi connectivity index (χ2n) is 4.01. The average molecular weight is 278 g/mol. The second-order valence-corrected chi connectivity index (χ2v) is 4.01. The third-order valence-corrected chi connectivity index (χ3v) is 2.50. The van der Waals surface area contributed by atoms with Gasteiger partial charge in [-0.2, -0.15) is 0 Å². The molecule has 0 radical (unpaired) electrons. The van der Waals surface area contributed by atoms with E-state index >= 15 is 0 Å². The molecule has 0 unspecified atom stereocenters. The Labute approximate surface area is 117 Å². The fraction of sp³-hybridized carbons (Fsp3) is 0.357. The first-order chi connectivity index (χ1) is 9.56. The highest BCUT2D eigenvalue weighted by atomic mass is 16.5. The Morgan fingerprint density at radius 1 is 1.20 bits per heavy atom. The zero-order chi connectivity index (χ0) is 15.0. The van der Waals surface area contributed by atoms with E-state index in [-0.39, 0.29) is 24.7 Å². The van der Waals surface area contributed by atoms with Gasteiger partial charge >= 0.3 is 5.97 Å². The Balaban J connectivity index is 2.53. The summed E-state index contributed by atoms with van der Waals surface area (Å²) >= 11 is 0. The number of amides is 2. The number of nitrogens with one attached hydrogen (secondary N) is 2. The van der Waals surface area contributed by atoms with Gasteiger partial charge < -0.3 is 15.4 Å². The molecule has 2 N–H and O–H groups in total. The number of esters is 1. The molecule has 1 aromatic rings. The van der Waals surface area contributed by atoms with Crippen LogP contribution in [0.5, 0.6) is 0 Å². The molecular weight excluding hydrogens is 260 g/mol. The van der Waals surface area contributed by atoms with Gasteiger partial charge in [0, 0.05) is 24.7 Å². The molecular formula is C14H18N2O4. The average Bonchev–Trinajstić information content (AvgIpc) is 2.45. The molecule has 0 atom stereocenters. The summed E-state index contributed by atoms with van der Waals surface area (Å²) in [6.07, 6.45) is 0.0812. The van der Waals surface area contributed by atoms with Crippen molar-refractivity contribution in [1.82, 2.24) is 5.32 Å². The Bertz CT molecular complexity index is 500. The van der Waals surface area contributed by atoms with Crippen molar-refractivity contribution in [2.75, 3.05) is 19.0 Å². The van der Waals surface area contributed by atoms with E-state index in [1.54, 1.807) is 31.2 Å². The van der Waals surface area contributed by atoms with Gasteiger partial charge in [-0.3, -0.25) is 14.4 Å². The predicted octanol–water partition coefficient (Wildman–Crippen LogP) is 1.33. The molecule has 6 nitrogen and oxygen atoms in total. The van der Waals surface area contributed by atoms with Gasteiger partial charge in [-0.1, -0.05) is 6.07 Å². The van der Waals surface area contributed by atoms with E-state index in [1.807, 2.05) is 0 Å². The number of rotatable bonds is 6. The van der Waals surface area contributed by atoms with E-state index in [0.29, 0.717) is 17.9 Å². The van der Waals surface area contributed by atoms with E-state index in [2.05, 4.69) is 10.6 Å². The summed E-state index contributed by atoms with van der Waals surface area (Å²) in [5.41, 5.74) is 0.968. The van der Waals surface area contributed by atoms with Gasteiger partial charge in [0.2, 0.25) is 5.91 Å². The molecule has 1 aromatic carbocycles. The van der Waals surface area contributed by atoms with Crippen LogP contribution >= 0.6 is 0 Å². The molecule has 0 spiro atoms. The van der Waals surface area contributed by atoms with Crippen LogP contribution in [0.3, 0.4) is 0 Å². The van der Waals surface area contributed by atoms with Gasteiger partial charge in [0.25, 0.3) is 5.91 Å². The molecule has 2 amide bonds. The molecule has 0 heterocycles. The summed E-state index contributed by atoms with van der Waals surface area (Å²) in [6, 6.07) is 6.56. The zero-order valence-electron chi connectivity index (χ0n) is 11.6. The first-order valence-corrected chi connectivity index (χ1v) is 6.34. The highest BCUT2D eigenvalue weighted by Crippen LogP contribution is 2.11. The van der Waals surface area contributed by atoms with Crippen LogP contribution in [-0.2, 0) is 14.3 Å². The van der Waals surface area contributed by atoms with E-state index < -0.39 is 5.97 Å². The lowest BCUT2D eigenvalue weighted by molar-refractivity contribution is -0.144. The van der Waals surface area contributed by atoms with Crippen LogP contribution in [0.15, 0.2) is 24.3 Å². The lowest BCUT2D eigenvalue weighted by Gasteiger charge is -2.07. The lowest BCUT2D eigenvalue weighted by Crippen LogP contribution is -2.18. The summed E-state index contributed by atoms with van der Waals surface area (Å²) in [6.45, 7) is 2.01. The number of carbonyl (C=O) groups excluding carboxylic acids is 3. The topological polar surface area (TPSA) is 84.5 Å². The fourth-order valence-electron chi connectivity index (χ4n) is 1.55. The van der Waals surface area contributed by atoms with E-state index in [0.717, 1.165) is 0 Å². The highest BCUT2D eigenvalue weighted by Gasteiger charge is 2.09. The summed E-state index contributed by atoms with van der Waals surface area (Å²) < 4.78 is 4.74. The van der Waals surface area contributed by atoms with Gasteiger partial charge in [0.15, 0.2) is 0 Å². The molecule has 0 aliphatic rings. The van der Waals surface area contributed by atoms with Crippen LogP contribution < -0.4 is 10.6 Å². The first kappa shape index (κ1) is 15.7. The molecule has 0 aliphatic carbocycles. The number of hydrogen-bond acceptors (Lipinski definition) is 4. The van der Waals surface area contributed by atoms with Crippen molar-refractivity contribution in [3.63, 3.8) is 0 Å². The van der Waals surface area contributed by atoms with Gasteiger partial charge in [-0.25, -0.2) is 0 Å². The zero-order valence-corrected chi connectivity index (χ0v) is 11.6.